The lowest BCUT2D eigenvalue weighted by Crippen LogP contribution is -1.93. The number of nitro groups is 1. The summed E-state index contributed by atoms with van der Waals surface area (Å²) in [4.78, 5) is 10.7. The van der Waals surface area contributed by atoms with Crippen molar-refractivity contribution in [3.8, 4) is 22.6 Å². The number of fused-ring (bicyclic) bond motifs is 1. The summed E-state index contributed by atoms with van der Waals surface area (Å²) in [5.41, 5.74) is 1.33. The maximum Gasteiger partial charge on any atom is 0.281 e. The van der Waals surface area contributed by atoms with Crippen LogP contribution in [0.15, 0.2) is 42.5 Å². The van der Waals surface area contributed by atoms with Crippen LogP contribution in [0.2, 0.25) is 0 Å². The highest BCUT2D eigenvalue weighted by atomic mass is 16.7. The van der Waals surface area contributed by atoms with Crippen molar-refractivity contribution in [3.05, 3.63) is 52.6 Å². The largest absolute Gasteiger partial charge is 0.454 e. The standard InChI is InChI=1S/C13H9NO4/c15-14(16)11-7-13-12(17-8-18-13)6-10(11)9-4-2-1-3-5-9/h1-7H,8H2. The first-order valence-corrected chi connectivity index (χ1v) is 5.39. The van der Waals surface area contributed by atoms with E-state index in [0.717, 1.165) is 5.56 Å². The lowest BCUT2D eigenvalue weighted by Gasteiger charge is -2.04. The molecule has 0 fully saturated rings. The van der Waals surface area contributed by atoms with Crippen LogP contribution >= 0.6 is 0 Å². The second kappa shape index (κ2) is 4.03. The Morgan fingerprint density at radius 2 is 1.72 bits per heavy atom. The van der Waals surface area contributed by atoms with E-state index in [0.29, 0.717) is 17.1 Å². The highest BCUT2D eigenvalue weighted by Crippen LogP contribution is 2.42. The Hall–Kier alpha value is -2.56. The lowest BCUT2D eigenvalue weighted by atomic mass is 10.0. The highest BCUT2D eigenvalue weighted by molar-refractivity contribution is 5.77. The van der Waals surface area contributed by atoms with Gasteiger partial charge in [0.25, 0.3) is 5.69 Å². The van der Waals surface area contributed by atoms with Crippen LogP contribution in [0, 0.1) is 10.1 Å². The van der Waals surface area contributed by atoms with E-state index in [4.69, 9.17) is 9.47 Å². The zero-order valence-corrected chi connectivity index (χ0v) is 9.33. The van der Waals surface area contributed by atoms with Crippen LogP contribution in [0.4, 0.5) is 5.69 Å². The summed E-state index contributed by atoms with van der Waals surface area (Å²) in [6.45, 7) is 0.102. The number of rotatable bonds is 2. The molecule has 0 aromatic heterocycles. The average molecular weight is 243 g/mol. The van der Waals surface area contributed by atoms with Gasteiger partial charge in [-0.05, 0) is 11.6 Å². The van der Waals surface area contributed by atoms with Gasteiger partial charge in [-0.1, -0.05) is 30.3 Å². The second-order valence-electron chi connectivity index (χ2n) is 3.85. The summed E-state index contributed by atoms with van der Waals surface area (Å²) in [6, 6.07) is 12.2. The van der Waals surface area contributed by atoms with Gasteiger partial charge in [-0.3, -0.25) is 10.1 Å². The van der Waals surface area contributed by atoms with E-state index >= 15 is 0 Å². The first-order chi connectivity index (χ1) is 8.75. The first kappa shape index (κ1) is 10.6. The van der Waals surface area contributed by atoms with Crippen LogP contribution in [-0.4, -0.2) is 11.7 Å². The topological polar surface area (TPSA) is 61.6 Å². The van der Waals surface area contributed by atoms with Crippen LogP contribution in [0.1, 0.15) is 0 Å². The summed E-state index contributed by atoms with van der Waals surface area (Å²) in [5.74, 6) is 0.959. The Bertz CT molecular complexity index is 610. The minimum atomic E-state index is -0.412. The van der Waals surface area contributed by atoms with E-state index in [1.807, 2.05) is 30.3 Å². The van der Waals surface area contributed by atoms with E-state index in [-0.39, 0.29) is 12.5 Å². The number of hydrogen-bond donors (Lipinski definition) is 0. The van der Waals surface area contributed by atoms with Gasteiger partial charge in [-0.15, -0.1) is 0 Å². The van der Waals surface area contributed by atoms with Gasteiger partial charge < -0.3 is 9.47 Å². The van der Waals surface area contributed by atoms with Crippen molar-refractivity contribution in [2.24, 2.45) is 0 Å². The van der Waals surface area contributed by atoms with Crippen LogP contribution in [-0.2, 0) is 0 Å². The molecule has 5 nitrogen and oxygen atoms in total. The molecule has 90 valence electrons. The van der Waals surface area contributed by atoms with Gasteiger partial charge in [0.2, 0.25) is 6.79 Å². The third kappa shape index (κ3) is 1.66. The Balaban J connectivity index is 2.21. The van der Waals surface area contributed by atoms with Gasteiger partial charge in [-0.2, -0.15) is 0 Å². The highest BCUT2D eigenvalue weighted by Gasteiger charge is 2.23. The van der Waals surface area contributed by atoms with E-state index in [9.17, 15) is 10.1 Å². The molecule has 0 unspecified atom stereocenters. The fourth-order valence-corrected chi connectivity index (χ4v) is 1.93. The molecule has 0 bridgehead atoms. The summed E-state index contributed by atoms with van der Waals surface area (Å²) >= 11 is 0. The van der Waals surface area contributed by atoms with Gasteiger partial charge in [0.15, 0.2) is 11.5 Å². The molecular weight excluding hydrogens is 234 g/mol. The number of nitrogens with zero attached hydrogens (tertiary/aromatic N) is 1. The molecule has 0 spiro atoms. The molecule has 0 saturated heterocycles. The average Bonchev–Trinajstić information content (AvgIpc) is 2.85. The number of nitro benzene ring substituents is 1. The molecular formula is C13H9NO4. The fraction of sp³-hybridized carbons (Fsp3) is 0.0769. The molecule has 2 aromatic rings. The summed E-state index contributed by atoms with van der Waals surface area (Å²) in [5, 5.41) is 11.1. The minimum absolute atomic E-state index is 0.0189. The number of ether oxygens (including phenoxy) is 2. The van der Waals surface area contributed by atoms with Crippen molar-refractivity contribution in [2.75, 3.05) is 6.79 Å². The Labute approximate surface area is 103 Å². The van der Waals surface area contributed by atoms with Crippen molar-refractivity contribution in [1.82, 2.24) is 0 Å². The fourth-order valence-electron chi connectivity index (χ4n) is 1.93. The molecule has 0 N–H and O–H groups in total. The smallest absolute Gasteiger partial charge is 0.281 e. The molecule has 0 aliphatic carbocycles. The molecule has 3 rings (SSSR count). The molecule has 2 aromatic carbocycles. The van der Waals surface area contributed by atoms with Crippen LogP contribution in [0.3, 0.4) is 0 Å². The van der Waals surface area contributed by atoms with Gasteiger partial charge in [0.1, 0.15) is 0 Å². The molecule has 0 saturated carbocycles. The van der Waals surface area contributed by atoms with E-state index in [2.05, 4.69) is 0 Å². The van der Waals surface area contributed by atoms with Crippen molar-refractivity contribution in [1.29, 1.82) is 0 Å². The third-order valence-corrected chi connectivity index (χ3v) is 2.77. The van der Waals surface area contributed by atoms with Crippen molar-refractivity contribution in [3.63, 3.8) is 0 Å². The maximum atomic E-state index is 11.1. The maximum absolute atomic E-state index is 11.1. The molecule has 0 amide bonds. The van der Waals surface area contributed by atoms with Crippen molar-refractivity contribution in [2.45, 2.75) is 0 Å². The molecule has 0 radical (unpaired) electrons. The summed E-state index contributed by atoms with van der Waals surface area (Å²) in [7, 11) is 0. The van der Waals surface area contributed by atoms with Crippen LogP contribution in [0.25, 0.3) is 11.1 Å². The van der Waals surface area contributed by atoms with E-state index in [1.54, 1.807) is 6.07 Å². The molecule has 1 aliphatic rings. The summed E-state index contributed by atoms with van der Waals surface area (Å²) in [6.07, 6.45) is 0. The molecule has 5 heteroatoms. The zero-order valence-electron chi connectivity index (χ0n) is 9.33. The SMILES string of the molecule is O=[N+]([O-])c1cc2c(cc1-c1ccccc1)OCO2. The second-order valence-corrected chi connectivity index (χ2v) is 3.85. The molecule has 18 heavy (non-hydrogen) atoms. The normalized spacial score (nSPS) is 12.4. The number of hydrogen-bond acceptors (Lipinski definition) is 4. The first-order valence-electron chi connectivity index (χ1n) is 5.39. The van der Waals surface area contributed by atoms with Crippen LogP contribution < -0.4 is 9.47 Å². The molecule has 1 aliphatic heterocycles. The predicted molar refractivity (Wildman–Crippen MR) is 64.7 cm³/mol. The van der Waals surface area contributed by atoms with Gasteiger partial charge in [0.05, 0.1) is 16.6 Å². The lowest BCUT2D eigenvalue weighted by molar-refractivity contribution is -0.384. The predicted octanol–water partition coefficient (Wildman–Crippen LogP) is 2.99. The van der Waals surface area contributed by atoms with Gasteiger partial charge in [-0.25, -0.2) is 0 Å². The Morgan fingerprint density at radius 1 is 1.06 bits per heavy atom. The monoisotopic (exact) mass is 243 g/mol. The number of benzene rings is 2. The molecule has 0 atom stereocenters. The quantitative estimate of drug-likeness (QED) is 0.600. The molecule has 1 heterocycles. The third-order valence-electron chi connectivity index (χ3n) is 2.77. The van der Waals surface area contributed by atoms with Crippen LogP contribution in [0.5, 0.6) is 11.5 Å². The summed E-state index contributed by atoms with van der Waals surface area (Å²) < 4.78 is 10.4. The van der Waals surface area contributed by atoms with E-state index < -0.39 is 4.92 Å². The van der Waals surface area contributed by atoms with Crippen molar-refractivity contribution >= 4 is 5.69 Å². The van der Waals surface area contributed by atoms with Crippen molar-refractivity contribution < 1.29 is 14.4 Å². The van der Waals surface area contributed by atoms with Gasteiger partial charge in [0, 0.05) is 0 Å². The Morgan fingerprint density at radius 3 is 2.39 bits per heavy atom. The van der Waals surface area contributed by atoms with Gasteiger partial charge >= 0.3 is 0 Å². The van der Waals surface area contributed by atoms with E-state index in [1.165, 1.54) is 6.07 Å². The zero-order chi connectivity index (χ0) is 12.5. The minimum Gasteiger partial charge on any atom is -0.454 e. The Kier molecular flexibility index (Phi) is 2.37.